The van der Waals surface area contributed by atoms with Gasteiger partial charge < -0.3 is 9.80 Å². The fraction of sp³-hybridized carbons (Fsp3) is 0.444. The molecule has 1 aliphatic heterocycles. The second-order valence-corrected chi connectivity index (χ2v) is 10.4. The Morgan fingerprint density at radius 1 is 0.885 bits per heavy atom. The van der Waals surface area contributed by atoms with E-state index in [1.54, 1.807) is 32.9 Å². The van der Waals surface area contributed by atoms with Crippen LogP contribution in [-0.2, 0) is 9.84 Å². The maximum Gasteiger partial charge on any atom is 0.202 e. The first-order valence-electron chi connectivity index (χ1n) is 8.52. The molecule has 1 aliphatic rings. The molecule has 26 heavy (non-hydrogen) atoms. The first-order chi connectivity index (χ1) is 12.2. The van der Waals surface area contributed by atoms with Crippen LogP contribution in [-0.4, -0.2) is 49.5 Å². The van der Waals surface area contributed by atoms with E-state index in [1.165, 1.54) is 0 Å². The Hall–Kier alpha value is -1.86. The number of halogens is 1. The summed E-state index contributed by atoms with van der Waals surface area (Å²) in [5, 5.41) is 8.87. The lowest BCUT2D eigenvalue weighted by Crippen LogP contribution is -2.46. The minimum absolute atomic E-state index is 0.0218. The van der Waals surface area contributed by atoms with Gasteiger partial charge in [-0.05, 0) is 57.2 Å². The average molecular weight is 395 g/mol. The molecule has 140 valence electrons. The molecule has 8 heteroatoms. The zero-order chi connectivity index (χ0) is 18.9. The molecule has 0 saturated carbocycles. The lowest BCUT2D eigenvalue weighted by molar-refractivity contribution is 0.553. The highest BCUT2D eigenvalue weighted by molar-refractivity contribution is 7.92. The Morgan fingerprint density at radius 3 is 1.96 bits per heavy atom. The topological polar surface area (TPSA) is 66.4 Å². The second-order valence-electron chi connectivity index (χ2n) is 7.30. The van der Waals surface area contributed by atoms with Gasteiger partial charge in [-0.25, -0.2) is 8.42 Å². The molecule has 1 saturated heterocycles. The van der Waals surface area contributed by atoms with Gasteiger partial charge in [0.1, 0.15) is 0 Å². The molecule has 0 unspecified atom stereocenters. The van der Waals surface area contributed by atoms with Crippen molar-refractivity contribution in [2.75, 3.05) is 36.0 Å². The summed E-state index contributed by atoms with van der Waals surface area (Å²) < 4.78 is 24.0. The maximum absolute atomic E-state index is 12.4. The third kappa shape index (κ3) is 3.78. The van der Waals surface area contributed by atoms with Gasteiger partial charge in [-0.2, -0.15) is 0 Å². The van der Waals surface area contributed by atoms with E-state index in [4.69, 9.17) is 11.6 Å². The minimum Gasteiger partial charge on any atom is -0.368 e. The van der Waals surface area contributed by atoms with Gasteiger partial charge in [-0.3, -0.25) is 0 Å². The summed E-state index contributed by atoms with van der Waals surface area (Å²) in [6.45, 7) is 8.28. The lowest BCUT2D eigenvalue weighted by atomic mass is 10.2. The smallest absolute Gasteiger partial charge is 0.202 e. The van der Waals surface area contributed by atoms with Crippen LogP contribution < -0.4 is 9.80 Å². The molecule has 0 radical (unpaired) electrons. The Kier molecular flexibility index (Phi) is 5.12. The molecule has 1 aromatic carbocycles. The molecule has 0 atom stereocenters. The van der Waals surface area contributed by atoms with Crippen molar-refractivity contribution >= 4 is 32.9 Å². The molecule has 0 spiro atoms. The fourth-order valence-electron chi connectivity index (χ4n) is 2.78. The first-order valence-corrected chi connectivity index (χ1v) is 10.4. The van der Waals surface area contributed by atoms with E-state index in [0.29, 0.717) is 5.82 Å². The van der Waals surface area contributed by atoms with Crippen molar-refractivity contribution in [3.05, 3.63) is 41.4 Å². The molecule has 0 amide bonds. The maximum atomic E-state index is 12.4. The summed E-state index contributed by atoms with van der Waals surface area (Å²) in [5.74, 6) is 0.702. The Morgan fingerprint density at radius 2 is 1.46 bits per heavy atom. The normalized spacial score (nSPS) is 16.0. The van der Waals surface area contributed by atoms with Crippen LogP contribution in [0.3, 0.4) is 0 Å². The molecule has 2 aromatic rings. The summed E-state index contributed by atoms with van der Waals surface area (Å²) in [5.41, 5.74) is 1.15. The monoisotopic (exact) mass is 394 g/mol. The summed E-state index contributed by atoms with van der Waals surface area (Å²) in [7, 11) is -3.48. The SMILES string of the molecule is CC(C)(C)S(=O)(=O)c1ccc(N2CCN(c3ccc(Cl)cc3)CC2)nn1. The largest absolute Gasteiger partial charge is 0.368 e. The van der Waals surface area contributed by atoms with E-state index in [9.17, 15) is 8.42 Å². The summed E-state index contributed by atoms with van der Waals surface area (Å²) in [6.07, 6.45) is 0. The van der Waals surface area contributed by atoms with Gasteiger partial charge in [-0.15, -0.1) is 10.2 Å². The van der Waals surface area contributed by atoms with E-state index >= 15 is 0 Å². The molecular weight excluding hydrogens is 372 g/mol. The van der Waals surface area contributed by atoms with Crippen molar-refractivity contribution in [3.8, 4) is 0 Å². The summed E-state index contributed by atoms with van der Waals surface area (Å²) in [6, 6.07) is 11.1. The number of rotatable bonds is 3. The summed E-state index contributed by atoms with van der Waals surface area (Å²) >= 11 is 5.94. The van der Waals surface area contributed by atoms with Crippen LogP contribution in [0.25, 0.3) is 0 Å². The van der Waals surface area contributed by atoms with E-state index in [-0.39, 0.29) is 5.03 Å². The van der Waals surface area contributed by atoms with Crippen molar-refractivity contribution in [2.24, 2.45) is 0 Å². The fourth-order valence-corrected chi connectivity index (χ4v) is 3.93. The average Bonchev–Trinajstić information content (AvgIpc) is 2.62. The van der Waals surface area contributed by atoms with Gasteiger partial charge >= 0.3 is 0 Å². The molecule has 0 aliphatic carbocycles. The zero-order valence-corrected chi connectivity index (χ0v) is 16.8. The van der Waals surface area contributed by atoms with Crippen molar-refractivity contribution in [1.29, 1.82) is 0 Å². The number of sulfone groups is 1. The number of hydrogen-bond donors (Lipinski definition) is 0. The molecule has 1 fully saturated rings. The summed E-state index contributed by atoms with van der Waals surface area (Å²) in [4.78, 5) is 4.41. The molecular formula is C18H23ClN4O2S. The Bertz CT molecular complexity index is 854. The lowest BCUT2D eigenvalue weighted by Gasteiger charge is -2.36. The predicted molar refractivity (Wildman–Crippen MR) is 105 cm³/mol. The van der Waals surface area contributed by atoms with Gasteiger partial charge in [0.25, 0.3) is 0 Å². The van der Waals surface area contributed by atoms with Crippen molar-refractivity contribution in [2.45, 2.75) is 30.5 Å². The van der Waals surface area contributed by atoms with E-state index in [2.05, 4.69) is 20.0 Å². The van der Waals surface area contributed by atoms with Crippen LogP contribution in [0.5, 0.6) is 0 Å². The van der Waals surface area contributed by atoms with Crippen LogP contribution in [0.1, 0.15) is 20.8 Å². The highest BCUT2D eigenvalue weighted by Gasteiger charge is 2.32. The zero-order valence-electron chi connectivity index (χ0n) is 15.2. The standard InChI is InChI=1S/C18H23ClN4O2S/c1-18(2,3)26(24,25)17-9-8-16(20-21-17)23-12-10-22(11-13-23)15-6-4-14(19)5-7-15/h4-9H,10-13H2,1-3H3. The van der Waals surface area contributed by atoms with Crippen LogP contribution >= 0.6 is 11.6 Å². The number of aromatic nitrogens is 2. The van der Waals surface area contributed by atoms with Gasteiger partial charge in [0, 0.05) is 36.9 Å². The van der Waals surface area contributed by atoms with E-state index in [1.807, 2.05) is 24.3 Å². The number of anilines is 2. The van der Waals surface area contributed by atoms with Gasteiger partial charge in [-0.1, -0.05) is 11.6 Å². The highest BCUT2D eigenvalue weighted by atomic mass is 35.5. The molecule has 1 aromatic heterocycles. The van der Waals surface area contributed by atoms with Crippen molar-refractivity contribution in [3.63, 3.8) is 0 Å². The van der Waals surface area contributed by atoms with Crippen LogP contribution in [0.2, 0.25) is 5.02 Å². The highest BCUT2D eigenvalue weighted by Crippen LogP contribution is 2.25. The molecule has 2 heterocycles. The molecule has 0 N–H and O–H groups in total. The van der Waals surface area contributed by atoms with Crippen molar-refractivity contribution < 1.29 is 8.42 Å². The quantitative estimate of drug-likeness (QED) is 0.797. The third-order valence-corrected chi connectivity index (χ3v) is 7.14. The first kappa shape index (κ1) is 18.9. The minimum atomic E-state index is -3.48. The number of piperazine rings is 1. The van der Waals surface area contributed by atoms with Crippen molar-refractivity contribution in [1.82, 2.24) is 10.2 Å². The number of benzene rings is 1. The van der Waals surface area contributed by atoms with Gasteiger partial charge in [0.05, 0.1) is 4.75 Å². The Balaban J connectivity index is 1.67. The molecule has 0 bridgehead atoms. The van der Waals surface area contributed by atoms with Crippen LogP contribution in [0.15, 0.2) is 41.4 Å². The number of hydrogen-bond acceptors (Lipinski definition) is 6. The van der Waals surface area contributed by atoms with Gasteiger partial charge in [0.15, 0.2) is 10.8 Å². The number of nitrogens with zero attached hydrogens (tertiary/aromatic N) is 4. The van der Waals surface area contributed by atoms with E-state index in [0.717, 1.165) is 36.9 Å². The third-order valence-electron chi connectivity index (χ3n) is 4.50. The van der Waals surface area contributed by atoms with Crippen LogP contribution in [0, 0.1) is 0 Å². The Labute approximate surface area is 159 Å². The predicted octanol–water partition coefficient (Wildman–Crippen LogP) is 3.03. The molecule has 3 rings (SSSR count). The second kappa shape index (κ2) is 7.04. The van der Waals surface area contributed by atoms with Gasteiger partial charge in [0.2, 0.25) is 9.84 Å². The van der Waals surface area contributed by atoms with E-state index < -0.39 is 14.6 Å². The molecule has 6 nitrogen and oxygen atoms in total. The van der Waals surface area contributed by atoms with Crippen LogP contribution in [0.4, 0.5) is 11.5 Å².